The number of anilines is 2. The molecule has 0 spiro atoms. The van der Waals surface area contributed by atoms with Gasteiger partial charge in [0.2, 0.25) is 5.91 Å². The van der Waals surface area contributed by atoms with Crippen molar-refractivity contribution in [2.45, 2.75) is 44.2 Å². The second-order valence-corrected chi connectivity index (χ2v) is 8.28. The molecular weight excluding hydrogens is 391 g/mol. The molecule has 8 nitrogen and oxygen atoms in total. The van der Waals surface area contributed by atoms with E-state index in [1.54, 1.807) is 0 Å². The summed E-state index contributed by atoms with van der Waals surface area (Å²) in [4.78, 5) is 40.2. The Labute approximate surface area is 174 Å². The molecule has 1 atom stereocenters. The van der Waals surface area contributed by atoms with E-state index in [1.165, 1.54) is 23.5 Å². The van der Waals surface area contributed by atoms with Gasteiger partial charge in [-0.2, -0.15) is 0 Å². The van der Waals surface area contributed by atoms with Crippen molar-refractivity contribution < 1.29 is 23.5 Å². The molecule has 0 aromatic heterocycles. The summed E-state index contributed by atoms with van der Waals surface area (Å²) in [5.74, 6) is -1.71. The molecule has 30 heavy (non-hydrogen) atoms. The van der Waals surface area contributed by atoms with Gasteiger partial charge in [-0.3, -0.25) is 19.3 Å². The van der Waals surface area contributed by atoms with Crippen molar-refractivity contribution >= 4 is 29.1 Å². The van der Waals surface area contributed by atoms with Crippen molar-refractivity contribution in [3.8, 4) is 0 Å². The number of nitrogens with zero attached hydrogens (tertiary/aromatic N) is 2. The Hall–Kier alpha value is -2.52. The van der Waals surface area contributed by atoms with E-state index in [1.807, 2.05) is 4.90 Å². The topological polar surface area (TPSA) is 105 Å². The molecule has 1 saturated heterocycles. The molecule has 1 aromatic rings. The first-order valence-electron chi connectivity index (χ1n) is 10.5. The van der Waals surface area contributed by atoms with Crippen molar-refractivity contribution in [2.24, 2.45) is 11.7 Å². The normalized spacial score (nSPS) is 20.7. The van der Waals surface area contributed by atoms with Crippen LogP contribution in [0, 0.1) is 11.7 Å². The molecule has 3 fully saturated rings. The average molecular weight is 418 g/mol. The first-order chi connectivity index (χ1) is 14.4. The van der Waals surface area contributed by atoms with Crippen molar-refractivity contribution in [2.75, 3.05) is 36.5 Å². The number of nitrogens with two attached hydrogens (primary N) is 1. The van der Waals surface area contributed by atoms with E-state index in [4.69, 9.17) is 10.5 Å². The molecule has 162 valence electrons. The largest absolute Gasteiger partial charge is 0.370 e. The monoisotopic (exact) mass is 418 g/mol. The minimum Gasteiger partial charge on any atom is -0.370 e. The third-order valence-corrected chi connectivity index (χ3v) is 6.05. The van der Waals surface area contributed by atoms with Gasteiger partial charge in [0.05, 0.1) is 12.3 Å². The SMILES string of the molecule is NC(=O)[C@@H](C(=O)Nc1ccc(N2CCOCC2=O)c(F)c1)N(CC1CCC1)C1CC1. The van der Waals surface area contributed by atoms with Crippen LogP contribution in [0.1, 0.15) is 32.1 Å². The maximum Gasteiger partial charge on any atom is 0.253 e. The lowest BCUT2D eigenvalue weighted by molar-refractivity contribution is -0.133. The van der Waals surface area contributed by atoms with Crippen molar-refractivity contribution in [3.63, 3.8) is 0 Å². The second kappa shape index (κ2) is 8.69. The zero-order valence-electron chi connectivity index (χ0n) is 16.8. The lowest BCUT2D eigenvalue weighted by Crippen LogP contribution is -2.54. The molecule has 2 aliphatic carbocycles. The minimum atomic E-state index is -1.08. The fourth-order valence-electron chi connectivity index (χ4n) is 4.08. The van der Waals surface area contributed by atoms with E-state index < -0.39 is 23.7 Å². The van der Waals surface area contributed by atoms with Gasteiger partial charge in [-0.1, -0.05) is 6.42 Å². The van der Waals surface area contributed by atoms with Crippen molar-refractivity contribution in [1.82, 2.24) is 4.90 Å². The van der Waals surface area contributed by atoms with Crippen LogP contribution in [-0.2, 0) is 19.1 Å². The number of primary amides is 1. The summed E-state index contributed by atoms with van der Waals surface area (Å²) in [7, 11) is 0. The molecule has 1 aliphatic heterocycles. The standard InChI is InChI=1S/C21H27FN4O4/c22-16-10-14(4-7-17(16)25-8-9-30-12-18(25)27)24-21(29)19(20(23)28)26(15-5-6-15)11-13-2-1-3-13/h4,7,10,13,15,19H,1-3,5-6,8-9,11-12H2,(H2,23,28)(H,24,29)/t19-/m0/s1. The van der Waals surface area contributed by atoms with Crippen LogP contribution in [0.15, 0.2) is 18.2 Å². The fraction of sp³-hybridized carbons (Fsp3) is 0.571. The fourth-order valence-corrected chi connectivity index (χ4v) is 4.08. The van der Waals surface area contributed by atoms with Gasteiger partial charge in [0.1, 0.15) is 12.4 Å². The average Bonchev–Trinajstić information content (AvgIpc) is 3.49. The first kappa shape index (κ1) is 20.7. The first-order valence-corrected chi connectivity index (χ1v) is 10.5. The Balaban J connectivity index is 1.47. The van der Waals surface area contributed by atoms with Gasteiger partial charge in [0.15, 0.2) is 6.04 Å². The van der Waals surface area contributed by atoms with Gasteiger partial charge in [-0.15, -0.1) is 0 Å². The summed E-state index contributed by atoms with van der Waals surface area (Å²) in [6.45, 7) is 1.19. The number of benzene rings is 1. The number of ether oxygens (including phenoxy) is 1. The van der Waals surface area contributed by atoms with Crippen molar-refractivity contribution in [3.05, 3.63) is 24.0 Å². The zero-order chi connectivity index (χ0) is 21.3. The number of carbonyl (C=O) groups is 3. The highest BCUT2D eigenvalue weighted by atomic mass is 19.1. The highest BCUT2D eigenvalue weighted by molar-refractivity contribution is 6.09. The molecule has 3 amide bonds. The van der Waals surface area contributed by atoms with E-state index in [2.05, 4.69) is 5.32 Å². The summed E-state index contributed by atoms with van der Waals surface area (Å²) in [5, 5.41) is 2.63. The molecule has 0 unspecified atom stereocenters. The Bertz CT molecular complexity index is 840. The molecule has 3 N–H and O–H groups in total. The highest BCUT2D eigenvalue weighted by Crippen LogP contribution is 2.34. The number of hydrogen-bond acceptors (Lipinski definition) is 5. The Kier molecular flexibility index (Phi) is 6.01. The van der Waals surface area contributed by atoms with Crippen LogP contribution in [0.5, 0.6) is 0 Å². The van der Waals surface area contributed by atoms with Gasteiger partial charge >= 0.3 is 0 Å². The maximum atomic E-state index is 14.7. The summed E-state index contributed by atoms with van der Waals surface area (Å²) in [6, 6.07) is 3.23. The zero-order valence-corrected chi connectivity index (χ0v) is 16.8. The quantitative estimate of drug-likeness (QED) is 0.618. The number of nitrogens with one attached hydrogen (secondary N) is 1. The molecule has 0 radical (unpaired) electrons. The van der Waals surface area contributed by atoms with Gasteiger partial charge in [0, 0.05) is 24.8 Å². The summed E-state index contributed by atoms with van der Waals surface area (Å²) in [6.07, 6.45) is 5.27. The molecule has 1 aromatic carbocycles. The van der Waals surface area contributed by atoms with E-state index >= 15 is 0 Å². The number of rotatable bonds is 8. The Morgan fingerprint density at radius 3 is 2.63 bits per heavy atom. The van der Waals surface area contributed by atoms with Gasteiger partial charge in [0.25, 0.3) is 11.8 Å². The molecular formula is C21H27FN4O4. The molecule has 1 heterocycles. The minimum absolute atomic E-state index is 0.0871. The molecule has 4 rings (SSSR count). The summed E-state index contributed by atoms with van der Waals surface area (Å²) in [5.41, 5.74) is 5.94. The highest BCUT2D eigenvalue weighted by Gasteiger charge is 2.42. The summed E-state index contributed by atoms with van der Waals surface area (Å²) < 4.78 is 19.7. The van der Waals surface area contributed by atoms with Crippen LogP contribution >= 0.6 is 0 Å². The second-order valence-electron chi connectivity index (χ2n) is 8.28. The molecule has 3 aliphatic rings. The lowest BCUT2D eigenvalue weighted by atomic mass is 9.84. The van der Waals surface area contributed by atoms with E-state index in [-0.39, 0.29) is 36.5 Å². The van der Waals surface area contributed by atoms with Gasteiger partial charge in [-0.05, 0) is 49.8 Å². The van der Waals surface area contributed by atoms with Crippen LogP contribution in [0.25, 0.3) is 0 Å². The van der Waals surface area contributed by atoms with E-state index in [0.717, 1.165) is 31.7 Å². The van der Waals surface area contributed by atoms with Crippen LogP contribution < -0.4 is 16.0 Å². The molecule has 2 saturated carbocycles. The number of carbonyl (C=O) groups excluding carboxylic acids is 3. The third kappa shape index (κ3) is 4.46. The smallest absolute Gasteiger partial charge is 0.253 e. The summed E-state index contributed by atoms with van der Waals surface area (Å²) >= 11 is 0. The van der Waals surface area contributed by atoms with Crippen LogP contribution in [0.3, 0.4) is 0 Å². The maximum absolute atomic E-state index is 14.7. The Morgan fingerprint density at radius 2 is 2.07 bits per heavy atom. The van der Waals surface area contributed by atoms with Gasteiger partial charge in [-0.25, -0.2) is 4.39 Å². The lowest BCUT2D eigenvalue weighted by Gasteiger charge is -2.35. The number of hydrogen-bond donors (Lipinski definition) is 2. The molecule has 9 heteroatoms. The predicted octanol–water partition coefficient (Wildman–Crippen LogP) is 1.25. The van der Waals surface area contributed by atoms with Crippen LogP contribution in [-0.4, -0.2) is 61.0 Å². The number of amides is 3. The van der Waals surface area contributed by atoms with E-state index in [0.29, 0.717) is 19.1 Å². The van der Waals surface area contributed by atoms with Gasteiger partial charge < -0.3 is 20.7 Å². The Morgan fingerprint density at radius 1 is 1.30 bits per heavy atom. The number of morpholine rings is 1. The molecule has 0 bridgehead atoms. The van der Waals surface area contributed by atoms with E-state index in [9.17, 15) is 18.8 Å². The number of halogens is 1. The third-order valence-electron chi connectivity index (χ3n) is 6.05. The van der Waals surface area contributed by atoms with Crippen LogP contribution in [0.2, 0.25) is 0 Å². The van der Waals surface area contributed by atoms with Crippen molar-refractivity contribution in [1.29, 1.82) is 0 Å². The van der Waals surface area contributed by atoms with Crippen LogP contribution in [0.4, 0.5) is 15.8 Å². The predicted molar refractivity (Wildman–Crippen MR) is 108 cm³/mol.